The Hall–Kier alpha value is -1.81. The van der Waals surface area contributed by atoms with Crippen LogP contribution >= 0.6 is 0 Å². The molecule has 0 amide bonds. The maximum atomic E-state index is 5.93. The molecular weight excluding hydrogens is 224 g/mol. The van der Waals surface area contributed by atoms with E-state index in [0.717, 1.165) is 18.8 Å². The van der Waals surface area contributed by atoms with Crippen molar-refractivity contribution in [2.24, 2.45) is 5.73 Å². The van der Waals surface area contributed by atoms with Crippen LogP contribution in [0.25, 0.3) is 0 Å². The van der Waals surface area contributed by atoms with Crippen molar-refractivity contribution < 1.29 is 0 Å². The third-order valence-electron chi connectivity index (χ3n) is 2.61. The molecule has 0 aliphatic heterocycles. The summed E-state index contributed by atoms with van der Waals surface area (Å²) in [7, 11) is 0. The van der Waals surface area contributed by atoms with Gasteiger partial charge in [0.25, 0.3) is 0 Å². The lowest BCUT2D eigenvalue weighted by Gasteiger charge is -2.19. The molecule has 0 saturated heterocycles. The summed E-state index contributed by atoms with van der Waals surface area (Å²) in [6, 6.07) is 10.3. The number of hydrogen-bond donors (Lipinski definition) is 2. The maximum absolute atomic E-state index is 5.93. The largest absolute Gasteiger partial charge is 0.383 e. The van der Waals surface area contributed by atoms with Gasteiger partial charge in [-0.3, -0.25) is 4.68 Å². The van der Waals surface area contributed by atoms with Crippen LogP contribution < -0.4 is 11.1 Å². The Morgan fingerprint density at radius 1 is 1.28 bits per heavy atom. The van der Waals surface area contributed by atoms with Crippen LogP contribution in [0.3, 0.4) is 0 Å². The van der Waals surface area contributed by atoms with Crippen molar-refractivity contribution in [3.63, 3.8) is 0 Å². The molecule has 4 heteroatoms. The van der Waals surface area contributed by atoms with Crippen LogP contribution in [0.15, 0.2) is 42.7 Å². The average molecular weight is 244 g/mol. The molecular formula is C14H20N4. The lowest BCUT2D eigenvalue weighted by molar-refractivity contribution is 0.549. The minimum atomic E-state index is -0.201. The first-order valence-electron chi connectivity index (χ1n) is 6.12. The van der Waals surface area contributed by atoms with Crippen molar-refractivity contribution >= 4 is 5.69 Å². The third kappa shape index (κ3) is 3.89. The summed E-state index contributed by atoms with van der Waals surface area (Å²) in [5.74, 6) is 0. The van der Waals surface area contributed by atoms with Gasteiger partial charge in [0.1, 0.15) is 0 Å². The molecule has 1 heterocycles. The molecule has 0 atom stereocenters. The van der Waals surface area contributed by atoms with Crippen LogP contribution in [0.4, 0.5) is 5.69 Å². The summed E-state index contributed by atoms with van der Waals surface area (Å²) in [6.45, 7) is 5.57. The fourth-order valence-corrected chi connectivity index (χ4v) is 1.64. The number of anilines is 1. The Kier molecular flexibility index (Phi) is 3.67. The van der Waals surface area contributed by atoms with Crippen molar-refractivity contribution in [1.82, 2.24) is 9.78 Å². The first-order valence-corrected chi connectivity index (χ1v) is 6.12. The molecule has 3 N–H and O–H groups in total. The molecule has 0 saturated carbocycles. The second kappa shape index (κ2) is 5.23. The number of nitrogens with zero attached hydrogens (tertiary/aromatic N) is 2. The van der Waals surface area contributed by atoms with Gasteiger partial charge in [0.2, 0.25) is 0 Å². The molecule has 0 unspecified atom stereocenters. The van der Waals surface area contributed by atoms with E-state index < -0.39 is 0 Å². The average Bonchev–Trinajstić information content (AvgIpc) is 2.80. The first-order chi connectivity index (χ1) is 8.53. The van der Waals surface area contributed by atoms with Gasteiger partial charge < -0.3 is 11.1 Å². The molecule has 1 aromatic heterocycles. The van der Waals surface area contributed by atoms with Gasteiger partial charge >= 0.3 is 0 Å². The zero-order chi connectivity index (χ0) is 13.0. The monoisotopic (exact) mass is 244 g/mol. The lowest BCUT2D eigenvalue weighted by Crippen LogP contribution is -2.39. The van der Waals surface area contributed by atoms with E-state index in [1.54, 1.807) is 6.20 Å². The molecule has 0 aliphatic rings. The summed E-state index contributed by atoms with van der Waals surface area (Å²) in [6.07, 6.45) is 3.75. The highest BCUT2D eigenvalue weighted by molar-refractivity contribution is 5.44. The molecule has 96 valence electrons. The van der Waals surface area contributed by atoms with E-state index in [4.69, 9.17) is 5.73 Å². The molecule has 2 rings (SSSR count). The van der Waals surface area contributed by atoms with Gasteiger partial charge in [-0.15, -0.1) is 0 Å². The number of nitrogens with two attached hydrogens (primary N) is 1. The normalized spacial score (nSPS) is 11.5. The summed E-state index contributed by atoms with van der Waals surface area (Å²) >= 11 is 0. The second-order valence-electron chi connectivity index (χ2n) is 5.24. The van der Waals surface area contributed by atoms with E-state index in [1.807, 2.05) is 30.8 Å². The van der Waals surface area contributed by atoms with Crippen LogP contribution in [0.5, 0.6) is 0 Å². The Morgan fingerprint density at radius 3 is 2.56 bits per heavy atom. The van der Waals surface area contributed by atoms with Crippen LogP contribution in [-0.4, -0.2) is 21.9 Å². The Balaban J connectivity index is 1.93. The fraction of sp³-hybridized carbons (Fsp3) is 0.357. The second-order valence-corrected chi connectivity index (χ2v) is 5.24. The standard InChI is InChI=1S/C14H20N4/c1-14(2,15)11-16-13-6-4-12(5-7-13)10-18-9-3-8-17-18/h3-9,16H,10-11,15H2,1-2H3. The van der Waals surface area contributed by atoms with Crippen LogP contribution in [0, 0.1) is 0 Å². The molecule has 0 radical (unpaired) electrons. The molecule has 0 aliphatic carbocycles. The Morgan fingerprint density at radius 2 is 2.00 bits per heavy atom. The number of nitrogens with one attached hydrogen (secondary N) is 1. The Labute approximate surface area is 108 Å². The van der Waals surface area contributed by atoms with Crippen molar-refractivity contribution in [3.8, 4) is 0 Å². The molecule has 0 fully saturated rings. The van der Waals surface area contributed by atoms with Gasteiger partial charge in [0, 0.05) is 30.2 Å². The summed E-state index contributed by atoms with van der Waals surface area (Å²) < 4.78 is 1.91. The number of aromatic nitrogens is 2. The first kappa shape index (κ1) is 12.6. The zero-order valence-corrected chi connectivity index (χ0v) is 10.9. The van der Waals surface area contributed by atoms with E-state index >= 15 is 0 Å². The predicted octanol–water partition coefficient (Wildman–Crippen LogP) is 2.08. The van der Waals surface area contributed by atoms with Gasteiger partial charge in [-0.1, -0.05) is 12.1 Å². The zero-order valence-electron chi connectivity index (χ0n) is 10.9. The van der Waals surface area contributed by atoms with E-state index in [1.165, 1.54) is 5.56 Å². The molecule has 2 aromatic rings. The SMILES string of the molecule is CC(C)(N)CNc1ccc(Cn2cccn2)cc1. The van der Waals surface area contributed by atoms with Gasteiger partial charge in [0.15, 0.2) is 0 Å². The third-order valence-corrected chi connectivity index (χ3v) is 2.61. The number of benzene rings is 1. The minimum absolute atomic E-state index is 0.201. The number of hydrogen-bond acceptors (Lipinski definition) is 3. The van der Waals surface area contributed by atoms with Crippen LogP contribution in [-0.2, 0) is 6.54 Å². The predicted molar refractivity (Wildman–Crippen MR) is 74.5 cm³/mol. The Bertz CT molecular complexity index is 465. The van der Waals surface area contributed by atoms with E-state index in [0.29, 0.717) is 0 Å². The highest BCUT2D eigenvalue weighted by Crippen LogP contribution is 2.11. The highest BCUT2D eigenvalue weighted by atomic mass is 15.3. The van der Waals surface area contributed by atoms with Crippen molar-refractivity contribution in [3.05, 3.63) is 48.3 Å². The fourth-order valence-electron chi connectivity index (χ4n) is 1.64. The summed E-state index contributed by atoms with van der Waals surface area (Å²) in [5, 5.41) is 7.51. The molecule has 18 heavy (non-hydrogen) atoms. The smallest absolute Gasteiger partial charge is 0.0659 e. The van der Waals surface area contributed by atoms with Gasteiger partial charge in [-0.2, -0.15) is 5.10 Å². The number of rotatable bonds is 5. The van der Waals surface area contributed by atoms with Crippen molar-refractivity contribution in [2.75, 3.05) is 11.9 Å². The molecule has 1 aromatic carbocycles. The van der Waals surface area contributed by atoms with Crippen LogP contribution in [0.1, 0.15) is 19.4 Å². The molecule has 4 nitrogen and oxygen atoms in total. The lowest BCUT2D eigenvalue weighted by atomic mass is 10.1. The van der Waals surface area contributed by atoms with E-state index in [9.17, 15) is 0 Å². The summed E-state index contributed by atoms with van der Waals surface area (Å²) in [5.41, 5.74) is 8.06. The van der Waals surface area contributed by atoms with Crippen molar-refractivity contribution in [1.29, 1.82) is 0 Å². The van der Waals surface area contributed by atoms with E-state index in [-0.39, 0.29) is 5.54 Å². The summed E-state index contributed by atoms with van der Waals surface area (Å²) in [4.78, 5) is 0. The van der Waals surface area contributed by atoms with Crippen LogP contribution in [0.2, 0.25) is 0 Å². The topological polar surface area (TPSA) is 55.9 Å². The van der Waals surface area contributed by atoms with Gasteiger partial charge in [-0.25, -0.2) is 0 Å². The quantitative estimate of drug-likeness (QED) is 0.846. The highest BCUT2D eigenvalue weighted by Gasteiger charge is 2.09. The molecule has 0 spiro atoms. The van der Waals surface area contributed by atoms with Crippen molar-refractivity contribution in [2.45, 2.75) is 25.9 Å². The molecule has 0 bridgehead atoms. The minimum Gasteiger partial charge on any atom is -0.383 e. The van der Waals surface area contributed by atoms with Gasteiger partial charge in [-0.05, 0) is 37.6 Å². The van der Waals surface area contributed by atoms with Gasteiger partial charge in [0.05, 0.1) is 6.54 Å². The van der Waals surface area contributed by atoms with E-state index in [2.05, 4.69) is 34.7 Å². The maximum Gasteiger partial charge on any atom is 0.0659 e.